The number of aliphatic hydroxyl groups excluding tert-OH is 2. The van der Waals surface area contributed by atoms with E-state index >= 15 is 0 Å². The van der Waals surface area contributed by atoms with Gasteiger partial charge in [0.25, 0.3) is 11.9 Å². The summed E-state index contributed by atoms with van der Waals surface area (Å²) in [7, 11) is 0. The summed E-state index contributed by atoms with van der Waals surface area (Å²) in [5.41, 5.74) is 0.304. The molecule has 0 aliphatic carbocycles. The van der Waals surface area contributed by atoms with Gasteiger partial charge >= 0.3 is 0 Å². The first-order valence-electron chi connectivity index (χ1n) is 6.73. The summed E-state index contributed by atoms with van der Waals surface area (Å²) in [6.45, 7) is 4.85. The van der Waals surface area contributed by atoms with E-state index < -0.39 is 6.35 Å². The quantitative estimate of drug-likeness (QED) is 0.666. The van der Waals surface area contributed by atoms with Crippen LogP contribution in [0.3, 0.4) is 0 Å². The molecule has 0 saturated carbocycles. The number of hydrogen-bond donors (Lipinski definition) is 3. The number of ether oxygens (including phenoxy) is 1. The molecule has 8 nitrogen and oxygen atoms in total. The number of H-pyrrole nitrogens is 1. The van der Waals surface area contributed by atoms with Crippen molar-refractivity contribution in [2.24, 2.45) is 0 Å². The number of anilines is 1. The molecule has 8 heteroatoms. The molecule has 1 aromatic rings. The highest BCUT2D eigenvalue weighted by Gasteiger charge is 2.38. The van der Waals surface area contributed by atoms with Gasteiger partial charge in [-0.1, -0.05) is 0 Å². The van der Waals surface area contributed by atoms with E-state index in [1.54, 1.807) is 4.90 Å². The van der Waals surface area contributed by atoms with Crippen LogP contribution < -0.4 is 9.64 Å². The number of carbonyl (C=O) groups excluding carboxylic acids is 1. The Hall–Kier alpha value is -1.80. The summed E-state index contributed by atoms with van der Waals surface area (Å²) in [5.74, 6) is 0.0535. The van der Waals surface area contributed by atoms with E-state index in [2.05, 4.69) is 9.97 Å². The van der Waals surface area contributed by atoms with Gasteiger partial charge in [0.15, 0.2) is 11.5 Å². The molecular formula is C12H20N4O4. The number of imidazole rings is 1. The molecule has 0 aromatic carbocycles. The SMILES string of the molecule is CCOc1nc2c([nH]1)C(=O)N(CCCO)C(O)N2CC. The third-order valence-electron chi connectivity index (χ3n) is 3.15. The summed E-state index contributed by atoms with van der Waals surface area (Å²) in [4.78, 5) is 22.3. The molecule has 1 atom stereocenters. The molecule has 1 aliphatic rings. The standard InChI is InChI=1S/C12H20N4O4/c1-3-15-9-8(13-11(14-9)20-4-2)10(18)16(12(15)19)6-5-7-17/h12,17,19H,3-7H2,1-2H3,(H,13,14). The van der Waals surface area contributed by atoms with Gasteiger partial charge in [0.2, 0.25) is 6.35 Å². The monoisotopic (exact) mass is 284 g/mol. The first kappa shape index (κ1) is 14.6. The second kappa shape index (κ2) is 6.10. The molecule has 1 unspecified atom stereocenters. The number of rotatable bonds is 6. The Morgan fingerprint density at radius 1 is 1.40 bits per heavy atom. The van der Waals surface area contributed by atoms with Gasteiger partial charge in [-0.25, -0.2) is 0 Å². The maximum atomic E-state index is 12.3. The minimum absolute atomic E-state index is 0.0390. The van der Waals surface area contributed by atoms with Crippen molar-refractivity contribution in [2.75, 3.05) is 31.2 Å². The second-order valence-corrected chi connectivity index (χ2v) is 4.38. The summed E-state index contributed by atoms with van der Waals surface area (Å²) in [6, 6.07) is 0.264. The van der Waals surface area contributed by atoms with Crippen molar-refractivity contribution in [1.29, 1.82) is 0 Å². The zero-order valence-corrected chi connectivity index (χ0v) is 11.7. The lowest BCUT2D eigenvalue weighted by Crippen LogP contribution is -2.55. The number of aliphatic hydroxyl groups is 2. The summed E-state index contributed by atoms with van der Waals surface area (Å²) >= 11 is 0. The fourth-order valence-electron chi connectivity index (χ4n) is 2.20. The smallest absolute Gasteiger partial charge is 0.296 e. The fourth-order valence-corrected chi connectivity index (χ4v) is 2.20. The molecule has 1 amide bonds. The molecule has 0 spiro atoms. The summed E-state index contributed by atoms with van der Waals surface area (Å²) in [5, 5.41) is 19.2. The number of nitrogens with one attached hydrogen (secondary N) is 1. The number of fused-ring (bicyclic) bond motifs is 1. The summed E-state index contributed by atoms with van der Waals surface area (Å²) < 4.78 is 5.27. The second-order valence-electron chi connectivity index (χ2n) is 4.38. The Morgan fingerprint density at radius 3 is 2.75 bits per heavy atom. The van der Waals surface area contributed by atoms with Gasteiger partial charge in [0.05, 0.1) is 6.61 Å². The molecule has 20 heavy (non-hydrogen) atoms. The van der Waals surface area contributed by atoms with E-state index in [0.717, 1.165) is 0 Å². The number of nitrogens with zero attached hydrogens (tertiary/aromatic N) is 3. The first-order valence-corrected chi connectivity index (χ1v) is 6.73. The predicted molar refractivity (Wildman–Crippen MR) is 71.5 cm³/mol. The first-order chi connectivity index (χ1) is 9.63. The van der Waals surface area contributed by atoms with E-state index in [1.165, 1.54) is 4.90 Å². The van der Waals surface area contributed by atoms with Gasteiger partial charge < -0.3 is 24.8 Å². The lowest BCUT2D eigenvalue weighted by atomic mass is 10.2. The Labute approximate surface area is 117 Å². The highest BCUT2D eigenvalue weighted by molar-refractivity contribution is 5.99. The number of hydrogen-bond acceptors (Lipinski definition) is 6. The molecule has 2 rings (SSSR count). The van der Waals surface area contributed by atoms with E-state index in [1.807, 2.05) is 13.8 Å². The number of aromatic nitrogens is 2. The van der Waals surface area contributed by atoms with Crippen LogP contribution in [-0.4, -0.2) is 63.6 Å². The molecule has 1 aliphatic heterocycles. The normalized spacial score (nSPS) is 18.4. The van der Waals surface area contributed by atoms with Gasteiger partial charge in [-0.3, -0.25) is 9.69 Å². The van der Waals surface area contributed by atoms with Crippen LogP contribution in [0, 0.1) is 0 Å². The van der Waals surface area contributed by atoms with Crippen molar-refractivity contribution in [3.8, 4) is 6.01 Å². The van der Waals surface area contributed by atoms with Crippen molar-refractivity contribution in [3.05, 3.63) is 5.69 Å². The molecule has 1 aromatic heterocycles. The Kier molecular flexibility index (Phi) is 4.46. The van der Waals surface area contributed by atoms with Gasteiger partial charge in [-0.15, -0.1) is 0 Å². The van der Waals surface area contributed by atoms with Gasteiger partial charge in [0.1, 0.15) is 0 Å². The molecular weight excluding hydrogens is 264 g/mol. The highest BCUT2D eigenvalue weighted by atomic mass is 16.5. The van der Waals surface area contributed by atoms with Crippen LogP contribution in [-0.2, 0) is 0 Å². The maximum absolute atomic E-state index is 12.3. The molecule has 3 N–H and O–H groups in total. The van der Waals surface area contributed by atoms with Crippen LogP contribution >= 0.6 is 0 Å². The maximum Gasteiger partial charge on any atom is 0.296 e. The lowest BCUT2D eigenvalue weighted by Gasteiger charge is -2.39. The van der Waals surface area contributed by atoms with Crippen molar-refractivity contribution in [1.82, 2.24) is 14.9 Å². The molecule has 0 bridgehead atoms. The Morgan fingerprint density at radius 2 is 2.15 bits per heavy atom. The zero-order valence-electron chi connectivity index (χ0n) is 11.7. The average Bonchev–Trinajstić information content (AvgIpc) is 2.83. The van der Waals surface area contributed by atoms with Crippen molar-refractivity contribution < 1.29 is 19.7 Å². The number of amides is 1. The molecule has 0 radical (unpaired) electrons. The highest BCUT2D eigenvalue weighted by Crippen LogP contribution is 2.30. The fraction of sp³-hybridized carbons (Fsp3) is 0.667. The van der Waals surface area contributed by atoms with Crippen LogP contribution in [0.5, 0.6) is 6.01 Å². The third-order valence-corrected chi connectivity index (χ3v) is 3.15. The molecule has 2 heterocycles. The van der Waals surface area contributed by atoms with Crippen LogP contribution in [0.25, 0.3) is 0 Å². The molecule has 0 fully saturated rings. The van der Waals surface area contributed by atoms with Crippen LogP contribution in [0.4, 0.5) is 5.82 Å². The lowest BCUT2D eigenvalue weighted by molar-refractivity contribution is -0.000610. The van der Waals surface area contributed by atoms with Crippen LogP contribution in [0.2, 0.25) is 0 Å². The minimum Gasteiger partial charge on any atom is -0.465 e. The largest absolute Gasteiger partial charge is 0.465 e. The topological polar surface area (TPSA) is 102 Å². The van der Waals surface area contributed by atoms with E-state index in [0.29, 0.717) is 31.1 Å². The van der Waals surface area contributed by atoms with Gasteiger partial charge in [0, 0.05) is 19.7 Å². The van der Waals surface area contributed by atoms with E-state index in [4.69, 9.17) is 9.84 Å². The minimum atomic E-state index is -1.08. The Bertz CT molecular complexity index is 476. The molecule has 0 saturated heterocycles. The van der Waals surface area contributed by atoms with Gasteiger partial charge in [-0.05, 0) is 20.3 Å². The zero-order chi connectivity index (χ0) is 14.7. The van der Waals surface area contributed by atoms with Gasteiger partial charge in [-0.2, -0.15) is 4.98 Å². The van der Waals surface area contributed by atoms with E-state index in [9.17, 15) is 9.90 Å². The van der Waals surface area contributed by atoms with Crippen molar-refractivity contribution in [3.63, 3.8) is 0 Å². The Balaban J connectivity index is 2.34. The number of aromatic amines is 1. The predicted octanol–water partition coefficient (Wildman–Crippen LogP) is -0.251. The van der Waals surface area contributed by atoms with E-state index in [-0.39, 0.29) is 25.1 Å². The number of carbonyl (C=O) groups is 1. The third kappa shape index (κ3) is 2.44. The molecule has 112 valence electrons. The van der Waals surface area contributed by atoms with Crippen molar-refractivity contribution >= 4 is 11.7 Å². The van der Waals surface area contributed by atoms with Crippen molar-refractivity contribution in [2.45, 2.75) is 26.6 Å². The van der Waals surface area contributed by atoms with Crippen LogP contribution in [0.1, 0.15) is 30.8 Å². The summed E-state index contributed by atoms with van der Waals surface area (Å²) in [6.07, 6.45) is -0.674. The average molecular weight is 284 g/mol. The van der Waals surface area contributed by atoms with Crippen LogP contribution in [0.15, 0.2) is 0 Å².